The summed E-state index contributed by atoms with van der Waals surface area (Å²) < 4.78 is 0. The van der Waals surface area contributed by atoms with E-state index < -0.39 is 0 Å². The molecule has 0 saturated heterocycles. The van der Waals surface area contributed by atoms with Crippen molar-refractivity contribution in [1.82, 2.24) is 0 Å². The lowest BCUT2D eigenvalue weighted by Crippen LogP contribution is -1.97. The van der Waals surface area contributed by atoms with Crippen LogP contribution in [0.25, 0.3) is 6.08 Å². The Balaban J connectivity index is 3.32. The minimum absolute atomic E-state index is 0.872. The van der Waals surface area contributed by atoms with E-state index in [1.807, 2.05) is 24.3 Å². The van der Waals surface area contributed by atoms with Crippen molar-refractivity contribution in [2.75, 3.05) is 0 Å². The molecular weight excluding hydrogens is 204 g/mol. The Hall–Kier alpha value is -1.82. The molecule has 0 N–H and O–H groups in total. The highest BCUT2D eigenvalue weighted by atomic mass is 14.1. The van der Waals surface area contributed by atoms with Gasteiger partial charge in [0.2, 0.25) is 0 Å². The van der Waals surface area contributed by atoms with Crippen molar-refractivity contribution in [3.63, 3.8) is 0 Å². The van der Waals surface area contributed by atoms with Crippen LogP contribution in [-0.4, -0.2) is 0 Å². The third-order valence-electron chi connectivity index (χ3n) is 2.72. The molecule has 0 aliphatic rings. The molecule has 0 heteroatoms. The molecule has 0 nitrogen and oxygen atoms in total. The van der Waals surface area contributed by atoms with Crippen molar-refractivity contribution in [2.45, 2.75) is 19.3 Å². The first-order chi connectivity index (χ1) is 8.26. The fourth-order valence-electron chi connectivity index (χ4n) is 2.05. The van der Waals surface area contributed by atoms with Crippen molar-refractivity contribution in [2.24, 2.45) is 0 Å². The Bertz CT molecular complexity index is 404. The van der Waals surface area contributed by atoms with E-state index in [4.69, 9.17) is 0 Å². The SMILES string of the molecule is C=CCc1cc(CC=C)c(C=C)c(CC=C)c1. The number of rotatable bonds is 7. The van der Waals surface area contributed by atoms with Crippen LogP contribution in [-0.2, 0) is 19.3 Å². The third kappa shape index (κ3) is 3.32. The summed E-state index contributed by atoms with van der Waals surface area (Å²) in [5, 5.41) is 0. The Labute approximate surface area is 105 Å². The van der Waals surface area contributed by atoms with Crippen LogP contribution in [0.15, 0.2) is 56.7 Å². The summed E-state index contributed by atoms with van der Waals surface area (Å²) >= 11 is 0. The van der Waals surface area contributed by atoms with Crippen molar-refractivity contribution in [3.05, 3.63) is 78.9 Å². The normalized spacial score (nSPS) is 9.65. The van der Waals surface area contributed by atoms with Crippen molar-refractivity contribution in [3.8, 4) is 0 Å². The number of benzene rings is 1. The molecule has 0 unspecified atom stereocenters. The average Bonchev–Trinajstić information content (AvgIpc) is 2.30. The van der Waals surface area contributed by atoms with Gasteiger partial charge in [-0.3, -0.25) is 0 Å². The molecule has 1 aromatic rings. The van der Waals surface area contributed by atoms with Crippen LogP contribution >= 0.6 is 0 Å². The Kier molecular flexibility index (Phi) is 5.22. The van der Waals surface area contributed by atoms with Crippen LogP contribution in [0.3, 0.4) is 0 Å². The van der Waals surface area contributed by atoms with E-state index in [2.05, 4.69) is 38.4 Å². The quantitative estimate of drug-likeness (QED) is 0.597. The van der Waals surface area contributed by atoms with E-state index in [1.165, 1.54) is 22.3 Å². The van der Waals surface area contributed by atoms with Gasteiger partial charge in [0.05, 0.1) is 0 Å². The van der Waals surface area contributed by atoms with Gasteiger partial charge in [-0.25, -0.2) is 0 Å². The first-order valence-corrected chi connectivity index (χ1v) is 5.86. The number of hydrogen-bond acceptors (Lipinski definition) is 0. The molecule has 0 heterocycles. The Morgan fingerprint density at radius 3 is 1.59 bits per heavy atom. The zero-order valence-electron chi connectivity index (χ0n) is 10.4. The van der Waals surface area contributed by atoms with Gasteiger partial charge in [0.25, 0.3) is 0 Å². The highest BCUT2D eigenvalue weighted by Gasteiger charge is 2.06. The largest absolute Gasteiger partial charge is 0.103 e. The summed E-state index contributed by atoms with van der Waals surface area (Å²) in [7, 11) is 0. The lowest BCUT2D eigenvalue weighted by atomic mass is 9.93. The van der Waals surface area contributed by atoms with Crippen LogP contribution < -0.4 is 0 Å². The molecule has 0 atom stereocenters. The smallest absolute Gasteiger partial charge is 0.00940 e. The maximum absolute atomic E-state index is 3.90. The molecule has 0 saturated carbocycles. The minimum atomic E-state index is 0.872. The lowest BCUT2D eigenvalue weighted by molar-refractivity contribution is 1.14. The predicted molar refractivity (Wildman–Crippen MR) is 78.2 cm³/mol. The van der Waals surface area contributed by atoms with Gasteiger partial charge >= 0.3 is 0 Å². The molecule has 1 rings (SSSR count). The van der Waals surface area contributed by atoms with Gasteiger partial charge in [-0.1, -0.05) is 43.0 Å². The van der Waals surface area contributed by atoms with Crippen LogP contribution in [0.2, 0.25) is 0 Å². The second kappa shape index (κ2) is 6.70. The monoisotopic (exact) mass is 224 g/mol. The van der Waals surface area contributed by atoms with E-state index in [-0.39, 0.29) is 0 Å². The maximum atomic E-state index is 3.90. The summed E-state index contributed by atoms with van der Waals surface area (Å²) in [6, 6.07) is 4.43. The summed E-state index contributed by atoms with van der Waals surface area (Å²) in [5.74, 6) is 0. The fourth-order valence-corrected chi connectivity index (χ4v) is 2.05. The van der Waals surface area contributed by atoms with E-state index >= 15 is 0 Å². The zero-order chi connectivity index (χ0) is 12.7. The highest BCUT2D eigenvalue weighted by Crippen LogP contribution is 2.21. The van der Waals surface area contributed by atoms with Crippen LogP contribution in [0.1, 0.15) is 22.3 Å². The second-order valence-electron chi connectivity index (χ2n) is 4.01. The molecule has 0 spiro atoms. The topological polar surface area (TPSA) is 0 Å². The van der Waals surface area contributed by atoms with Crippen molar-refractivity contribution < 1.29 is 0 Å². The van der Waals surface area contributed by atoms with Gasteiger partial charge in [-0.2, -0.15) is 0 Å². The van der Waals surface area contributed by atoms with Gasteiger partial charge in [-0.15, -0.1) is 19.7 Å². The highest BCUT2D eigenvalue weighted by molar-refractivity contribution is 5.59. The minimum Gasteiger partial charge on any atom is -0.103 e. The van der Waals surface area contributed by atoms with E-state index in [0.717, 1.165) is 19.3 Å². The molecule has 0 aromatic heterocycles. The van der Waals surface area contributed by atoms with E-state index in [9.17, 15) is 0 Å². The first kappa shape index (κ1) is 13.2. The van der Waals surface area contributed by atoms with Gasteiger partial charge in [-0.05, 0) is 41.5 Å². The standard InChI is InChI=1S/C17H20/c1-5-9-14-12-15(10-6-2)17(8-4)16(13-14)11-7-3/h5-8,12-13H,1-4,9-11H2. The van der Waals surface area contributed by atoms with Crippen molar-refractivity contribution in [1.29, 1.82) is 0 Å². The molecule has 0 fully saturated rings. The van der Waals surface area contributed by atoms with Gasteiger partial charge in [0.1, 0.15) is 0 Å². The van der Waals surface area contributed by atoms with Gasteiger partial charge in [0.15, 0.2) is 0 Å². The zero-order valence-corrected chi connectivity index (χ0v) is 10.4. The molecule has 88 valence electrons. The molecule has 1 aromatic carbocycles. The van der Waals surface area contributed by atoms with Gasteiger partial charge in [0, 0.05) is 0 Å². The van der Waals surface area contributed by atoms with Crippen LogP contribution in [0, 0.1) is 0 Å². The van der Waals surface area contributed by atoms with Gasteiger partial charge < -0.3 is 0 Å². The fraction of sp³-hybridized carbons (Fsp3) is 0.176. The summed E-state index contributed by atoms with van der Waals surface area (Å²) in [5.41, 5.74) is 5.08. The molecule has 0 bridgehead atoms. The predicted octanol–water partition coefficient (Wildman–Crippen LogP) is 4.52. The van der Waals surface area contributed by atoms with E-state index in [1.54, 1.807) is 0 Å². The summed E-state index contributed by atoms with van der Waals surface area (Å²) in [4.78, 5) is 0. The van der Waals surface area contributed by atoms with Crippen LogP contribution in [0.5, 0.6) is 0 Å². The maximum Gasteiger partial charge on any atom is -0.00940 e. The average molecular weight is 224 g/mol. The second-order valence-corrected chi connectivity index (χ2v) is 4.01. The van der Waals surface area contributed by atoms with Crippen LogP contribution in [0.4, 0.5) is 0 Å². The molecule has 17 heavy (non-hydrogen) atoms. The molecule has 0 radical (unpaired) electrons. The number of hydrogen-bond donors (Lipinski definition) is 0. The molecule has 0 aliphatic carbocycles. The summed E-state index contributed by atoms with van der Waals surface area (Å²) in [6.07, 6.45) is 10.3. The Morgan fingerprint density at radius 2 is 1.24 bits per heavy atom. The lowest BCUT2D eigenvalue weighted by Gasteiger charge is -2.12. The summed E-state index contributed by atoms with van der Waals surface area (Å²) in [6.45, 7) is 15.3. The third-order valence-corrected chi connectivity index (χ3v) is 2.72. The molecular formula is C17H20. The molecule has 0 aliphatic heterocycles. The van der Waals surface area contributed by atoms with Crippen molar-refractivity contribution >= 4 is 6.08 Å². The molecule has 0 amide bonds. The first-order valence-electron chi connectivity index (χ1n) is 5.86. The Morgan fingerprint density at radius 1 is 0.765 bits per heavy atom. The van der Waals surface area contributed by atoms with E-state index in [0.29, 0.717) is 0 Å². The number of allylic oxidation sites excluding steroid dienone is 3.